The first-order chi connectivity index (χ1) is 16.1. The summed E-state index contributed by atoms with van der Waals surface area (Å²) >= 11 is 0. The summed E-state index contributed by atoms with van der Waals surface area (Å²) < 4.78 is 11.6. The molecule has 2 bridgehead atoms. The number of ether oxygens (including phenoxy) is 2. The summed E-state index contributed by atoms with van der Waals surface area (Å²) in [6, 6.07) is 11.0. The summed E-state index contributed by atoms with van der Waals surface area (Å²) in [6.07, 6.45) is 8.08. The second kappa shape index (κ2) is 10.8. The highest BCUT2D eigenvalue weighted by molar-refractivity contribution is 5.97. The van der Waals surface area contributed by atoms with Crippen molar-refractivity contribution in [1.29, 1.82) is 0 Å². The van der Waals surface area contributed by atoms with E-state index in [2.05, 4.69) is 4.98 Å². The van der Waals surface area contributed by atoms with Crippen LogP contribution < -0.4 is 4.74 Å². The molecule has 2 amide bonds. The lowest BCUT2D eigenvalue weighted by molar-refractivity contribution is 0.0136. The van der Waals surface area contributed by atoms with E-state index in [0.717, 1.165) is 45.2 Å². The number of hydrogen-bond acceptors (Lipinski definition) is 5. The molecule has 5 rings (SSSR count). The molecule has 1 aromatic carbocycles. The molecule has 176 valence electrons. The van der Waals surface area contributed by atoms with Gasteiger partial charge in [-0.2, -0.15) is 0 Å². The number of para-hydroxylation sites is 1. The number of carbonyl (C=O) groups is 2. The van der Waals surface area contributed by atoms with Gasteiger partial charge < -0.3 is 19.3 Å². The van der Waals surface area contributed by atoms with Crippen molar-refractivity contribution >= 4 is 11.8 Å². The summed E-state index contributed by atoms with van der Waals surface area (Å²) in [5.74, 6) is 0.536. The van der Waals surface area contributed by atoms with Crippen molar-refractivity contribution in [2.24, 2.45) is 5.41 Å². The molecule has 4 heterocycles. The van der Waals surface area contributed by atoms with Crippen LogP contribution in [0.15, 0.2) is 48.8 Å². The zero-order valence-corrected chi connectivity index (χ0v) is 19.4. The number of pyridine rings is 1. The predicted octanol–water partition coefficient (Wildman–Crippen LogP) is 3.66. The van der Waals surface area contributed by atoms with Crippen molar-refractivity contribution < 1.29 is 19.1 Å². The molecule has 7 heteroatoms. The number of nitrogens with zero attached hydrogens (tertiary/aromatic N) is 3. The smallest absolute Gasteiger partial charge is 0.257 e. The van der Waals surface area contributed by atoms with Gasteiger partial charge in [-0.1, -0.05) is 18.6 Å². The molecule has 0 N–H and O–H groups in total. The van der Waals surface area contributed by atoms with Gasteiger partial charge >= 0.3 is 0 Å². The Hall–Kier alpha value is -2.93. The maximum atomic E-state index is 13.3. The SMILES string of the molecule is COCC12CCCCN(C(=O)c3cccnc3)CCOc3ccccc3C(=O)N(CC1)CC2. The van der Waals surface area contributed by atoms with Crippen molar-refractivity contribution in [3.05, 3.63) is 59.9 Å². The topological polar surface area (TPSA) is 72.0 Å². The highest BCUT2D eigenvalue weighted by Gasteiger charge is 2.36. The average molecular weight is 452 g/mol. The number of rotatable bonds is 3. The molecule has 0 radical (unpaired) electrons. The fourth-order valence-corrected chi connectivity index (χ4v) is 4.95. The summed E-state index contributed by atoms with van der Waals surface area (Å²) in [6.45, 7) is 3.58. The molecule has 0 spiro atoms. The summed E-state index contributed by atoms with van der Waals surface area (Å²) in [5.41, 5.74) is 1.24. The predicted molar refractivity (Wildman–Crippen MR) is 125 cm³/mol. The molecule has 33 heavy (non-hydrogen) atoms. The molecule has 0 aliphatic carbocycles. The molecule has 2 aromatic rings. The minimum atomic E-state index is -0.0426. The molecule has 0 saturated carbocycles. The van der Waals surface area contributed by atoms with Gasteiger partial charge in [0.05, 0.1) is 24.3 Å². The first kappa shape index (κ1) is 23.2. The van der Waals surface area contributed by atoms with Crippen molar-refractivity contribution in [2.45, 2.75) is 32.1 Å². The van der Waals surface area contributed by atoms with Crippen molar-refractivity contribution in [3.63, 3.8) is 0 Å². The third-order valence-electron chi connectivity index (χ3n) is 6.88. The van der Waals surface area contributed by atoms with E-state index in [4.69, 9.17) is 9.47 Å². The van der Waals surface area contributed by atoms with Gasteiger partial charge in [-0.3, -0.25) is 14.6 Å². The minimum Gasteiger partial charge on any atom is -0.491 e. The fraction of sp³-hybridized carbons (Fsp3) is 0.500. The number of fused-ring (bicyclic) bond motifs is 9. The van der Waals surface area contributed by atoms with E-state index >= 15 is 0 Å². The van der Waals surface area contributed by atoms with Crippen LogP contribution in [0.25, 0.3) is 0 Å². The van der Waals surface area contributed by atoms with Crippen molar-refractivity contribution in [1.82, 2.24) is 14.8 Å². The maximum absolute atomic E-state index is 13.3. The lowest BCUT2D eigenvalue weighted by Crippen LogP contribution is -2.45. The van der Waals surface area contributed by atoms with Gasteiger partial charge in [0.15, 0.2) is 0 Å². The second-order valence-corrected chi connectivity index (χ2v) is 9.06. The Balaban J connectivity index is 1.57. The van der Waals surface area contributed by atoms with E-state index in [1.165, 1.54) is 0 Å². The zero-order chi connectivity index (χ0) is 23.1. The third kappa shape index (κ3) is 5.53. The van der Waals surface area contributed by atoms with E-state index in [9.17, 15) is 9.59 Å². The van der Waals surface area contributed by atoms with Crippen LogP contribution >= 0.6 is 0 Å². The number of carbonyl (C=O) groups excluding carboxylic acids is 2. The van der Waals surface area contributed by atoms with Crippen LogP contribution in [0.4, 0.5) is 0 Å². The van der Waals surface area contributed by atoms with E-state index < -0.39 is 0 Å². The first-order valence-corrected chi connectivity index (χ1v) is 11.8. The van der Waals surface area contributed by atoms with Gasteiger partial charge in [-0.15, -0.1) is 0 Å². The fourth-order valence-electron chi connectivity index (χ4n) is 4.95. The van der Waals surface area contributed by atoms with Crippen molar-refractivity contribution in [2.75, 3.05) is 46.5 Å². The number of aromatic nitrogens is 1. The van der Waals surface area contributed by atoms with Crippen LogP contribution in [-0.4, -0.2) is 73.1 Å². The lowest BCUT2D eigenvalue weighted by atomic mass is 9.75. The zero-order valence-electron chi connectivity index (χ0n) is 19.4. The van der Waals surface area contributed by atoms with Gasteiger partial charge in [-0.25, -0.2) is 0 Å². The van der Waals surface area contributed by atoms with Crippen LogP contribution in [0.5, 0.6) is 5.75 Å². The molecular weight excluding hydrogens is 418 g/mol. The Morgan fingerprint density at radius 2 is 1.88 bits per heavy atom. The Labute approximate surface area is 195 Å². The van der Waals surface area contributed by atoms with Gasteiger partial charge in [0, 0.05) is 39.1 Å². The molecule has 0 unspecified atom stereocenters. The maximum Gasteiger partial charge on any atom is 0.257 e. The number of amides is 2. The standard InChI is InChI=1S/C26H33N3O4/c1-32-20-26-10-4-5-14-28(24(30)21-7-6-13-27-19-21)17-18-33-23-9-3-2-8-22(23)25(31)29(15-11-26)16-12-26/h2-3,6-9,13,19H,4-5,10-12,14-18,20H2,1H3. The van der Waals surface area contributed by atoms with Crippen LogP contribution in [0.2, 0.25) is 0 Å². The first-order valence-electron chi connectivity index (χ1n) is 11.8. The normalized spacial score (nSPS) is 19.2. The van der Waals surface area contributed by atoms with E-state index in [1.807, 2.05) is 34.1 Å². The second-order valence-electron chi connectivity index (χ2n) is 9.06. The number of benzene rings is 1. The van der Waals surface area contributed by atoms with Gasteiger partial charge in [0.1, 0.15) is 12.4 Å². The largest absolute Gasteiger partial charge is 0.491 e. The Morgan fingerprint density at radius 3 is 2.64 bits per heavy atom. The van der Waals surface area contributed by atoms with E-state index in [1.54, 1.807) is 31.6 Å². The lowest BCUT2D eigenvalue weighted by Gasteiger charge is -2.41. The Morgan fingerprint density at radius 1 is 1.06 bits per heavy atom. The molecule has 3 aliphatic heterocycles. The number of piperidine rings is 1. The molecule has 1 fully saturated rings. The number of methoxy groups -OCH3 is 1. The highest BCUT2D eigenvalue weighted by atomic mass is 16.5. The van der Waals surface area contributed by atoms with Crippen LogP contribution in [-0.2, 0) is 4.74 Å². The molecule has 7 nitrogen and oxygen atoms in total. The molecular formula is C26H33N3O4. The third-order valence-corrected chi connectivity index (χ3v) is 6.88. The van der Waals surface area contributed by atoms with Crippen LogP contribution in [0.3, 0.4) is 0 Å². The van der Waals surface area contributed by atoms with Gasteiger partial charge in [0.25, 0.3) is 11.8 Å². The minimum absolute atomic E-state index is 0.00906. The molecule has 0 atom stereocenters. The summed E-state index contributed by atoms with van der Waals surface area (Å²) in [5, 5.41) is 0. The van der Waals surface area contributed by atoms with Gasteiger partial charge in [-0.05, 0) is 55.4 Å². The Bertz CT molecular complexity index is 942. The monoisotopic (exact) mass is 451 g/mol. The van der Waals surface area contributed by atoms with Gasteiger partial charge in [0.2, 0.25) is 0 Å². The Kier molecular flexibility index (Phi) is 7.60. The van der Waals surface area contributed by atoms with E-state index in [-0.39, 0.29) is 17.2 Å². The molecule has 3 aliphatic rings. The van der Waals surface area contributed by atoms with Crippen LogP contribution in [0, 0.1) is 5.41 Å². The number of hydrogen-bond donors (Lipinski definition) is 0. The van der Waals surface area contributed by atoms with Crippen LogP contribution in [0.1, 0.15) is 52.8 Å². The summed E-state index contributed by atoms with van der Waals surface area (Å²) in [4.78, 5) is 34.3. The van der Waals surface area contributed by atoms with E-state index in [0.29, 0.717) is 43.2 Å². The summed E-state index contributed by atoms with van der Waals surface area (Å²) in [7, 11) is 1.75. The average Bonchev–Trinajstić information content (AvgIpc) is 2.86. The quantitative estimate of drug-likeness (QED) is 0.712. The molecule has 1 saturated heterocycles. The van der Waals surface area contributed by atoms with Crippen molar-refractivity contribution in [3.8, 4) is 5.75 Å². The highest BCUT2D eigenvalue weighted by Crippen LogP contribution is 2.38. The molecule has 1 aromatic heterocycles.